The summed E-state index contributed by atoms with van der Waals surface area (Å²) < 4.78 is 1.04. The second kappa shape index (κ2) is 8.28. The van der Waals surface area contributed by atoms with Crippen LogP contribution in [0.5, 0.6) is 0 Å². The smallest absolute Gasteiger partial charge is 0.248 e. The first-order valence-electron chi connectivity index (χ1n) is 10.1. The number of carbonyl (C=O) groups is 2. The molecule has 0 radical (unpaired) electrons. The van der Waals surface area contributed by atoms with Gasteiger partial charge in [0.1, 0.15) is 0 Å². The van der Waals surface area contributed by atoms with Gasteiger partial charge in [-0.3, -0.25) is 14.5 Å². The normalized spacial score (nSPS) is 18.9. The van der Waals surface area contributed by atoms with Gasteiger partial charge in [-0.15, -0.1) is 0 Å². The van der Waals surface area contributed by atoms with E-state index in [0.717, 1.165) is 67.6 Å². The lowest BCUT2D eigenvalue weighted by Crippen LogP contribution is -2.56. The van der Waals surface area contributed by atoms with E-state index in [0.29, 0.717) is 5.56 Å². The monoisotopic (exact) mass is 455 g/mol. The van der Waals surface area contributed by atoms with Crippen molar-refractivity contribution in [3.05, 3.63) is 69.7 Å². The lowest BCUT2D eigenvalue weighted by Gasteiger charge is -2.46. The number of nitrogens with zero attached hydrogens (tertiary/aromatic N) is 2. The summed E-state index contributed by atoms with van der Waals surface area (Å²) in [6, 6.07) is 15.7. The first-order valence-corrected chi connectivity index (χ1v) is 10.9. The molecule has 29 heavy (non-hydrogen) atoms. The summed E-state index contributed by atoms with van der Waals surface area (Å²) in [4.78, 5) is 29.0. The number of carbonyl (C=O) groups excluding carboxylic acids is 2. The predicted octanol–water partition coefficient (Wildman–Crippen LogP) is 3.31. The van der Waals surface area contributed by atoms with Crippen LogP contribution in [-0.4, -0.2) is 47.8 Å². The number of hydrogen-bond acceptors (Lipinski definition) is 3. The topological polar surface area (TPSA) is 66.6 Å². The number of primary amides is 1. The molecule has 2 aromatic carbocycles. The van der Waals surface area contributed by atoms with Crippen molar-refractivity contribution < 1.29 is 9.59 Å². The van der Waals surface area contributed by atoms with E-state index >= 15 is 0 Å². The Morgan fingerprint density at radius 3 is 2.07 bits per heavy atom. The first kappa shape index (κ1) is 20.1. The zero-order valence-corrected chi connectivity index (χ0v) is 18.0. The van der Waals surface area contributed by atoms with Crippen LogP contribution in [0, 0.1) is 0 Å². The quantitative estimate of drug-likeness (QED) is 0.751. The van der Waals surface area contributed by atoms with Gasteiger partial charge < -0.3 is 10.6 Å². The fourth-order valence-corrected chi connectivity index (χ4v) is 4.63. The minimum Gasteiger partial charge on any atom is -0.366 e. The molecule has 2 amide bonds. The molecular weight excluding hydrogens is 430 g/mol. The van der Waals surface area contributed by atoms with E-state index in [1.165, 1.54) is 0 Å². The molecule has 6 heteroatoms. The van der Waals surface area contributed by atoms with E-state index in [2.05, 4.69) is 33.0 Å². The van der Waals surface area contributed by atoms with Gasteiger partial charge in [-0.1, -0.05) is 46.6 Å². The van der Waals surface area contributed by atoms with Crippen molar-refractivity contribution in [2.75, 3.05) is 26.2 Å². The number of nitrogens with two attached hydrogens (primary N) is 1. The Bertz CT molecular complexity index is 883. The third kappa shape index (κ3) is 4.09. The lowest BCUT2D eigenvalue weighted by molar-refractivity contribution is -0.142. The van der Waals surface area contributed by atoms with Crippen molar-refractivity contribution in [2.45, 2.75) is 31.2 Å². The van der Waals surface area contributed by atoms with Gasteiger partial charge in [-0.2, -0.15) is 0 Å². The molecule has 0 spiro atoms. The van der Waals surface area contributed by atoms with Gasteiger partial charge in [-0.25, -0.2) is 0 Å². The highest BCUT2D eigenvalue weighted by Crippen LogP contribution is 2.45. The number of amides is 2. The minimum absolute atomic E-state index is 0.288. The van der Waals surface area contributed by atoms with Gasteiger partial charge in [-0.05, 0) is 48.2 Å². The van der Waals surface area contributed by atoms with Crippen LogP contribution in [0.4, 0.5) is 0 Å². The summed E-state index contributed by atoms with van der Waals surface area (Å²) in [6.45, 7) is 4.06. The number of benzene rings is 2. The van der Waals surface area contributed by atoms with E-state index in [-0.39, 0.29) is 11.3 Å². The Kier molecular flexibility index (Phi) is 5.74. The molecule has 1 aliphatic heterocycles. The maximum Gasteiger partial charge on any atom is 0.248 e. The summed E-state index contributed by atoms with van der Waals surface area (Å²) in [7, 11) is 0. The average Bonchev–Trinajstić information content (AvgIpc) is 2.69. The zero-order chi connectivity index (χ0) is 20.4. The average molecular weight is 456 g/mol. The van der Waals surface area contributed by atoms with Crippen LogP contribution in [0.2, 0.25) is 0 Å². The molecule has 0 unspecified atom stereocenters. The van der Waals surface area contributed by atoms with Crippen molar-refractivity contribution >= 4 is 27.7 Å². The molecule has 1 saturated carbocycles. The summed E-state index contributed by atoms with van der Waals surface area (Å²) in [6.07, 6.45) is 3.00. The van der Waals surface area contributed by atoms with E-state index in [4.69, 9.17) is 5.73 Å². The Labute approximate surface area is 180 Å². The maximum absolute atomic E-state index is 13.4. The molecule has 0 atom stereocenters. The van der Waals surface area contributed by atoms with Gasteiger partial charge in [0, 0.05) is 42.8 Å². The van der Waals surface area contributed by atoms with Gasteiger partial charge >= 0.3 is 0 Å². The number of rotatable bonds is 5. The molecular formula is C23H26BrN3O2. The van der Waals surface area contributed by atoms with E-state index in [1.807, 2.05) is 29.2 Å². The largest absolute Gasteiger partial charge is 0.366 e. The van der Waals surface area contributed by atoms with Crippen molar-refractivity contribution in [3.8, 4) is 0 Å². The van der Waals surface area contributed by atoms with E-state index in [9.17, 15) is 9.59 Å². The molecule has 1 heterocycles. The van der Waals surface area contributed by atoms with Gasteiger partial charge in [0.2, 0.25) is 11.8 Å². The van der Waals surface area contributed by atoms with Crippen LogP contribution < -0.4 is 5.73 Å². The Morgan fingerprint density at radius 2 is 1.55 bits per heavy atom. The van der Waals surface area contributed by atoms with Gasteiger partial charge in [0.25, 0.3) is 0 Å². The molecule has 2 aromatic rings. The van der Waals surface area contributed by atoms with Crippen molar-refractivity contribution in [1.29, 1.82) is 0 Å². The molecule has 4 rings (SSSR count). The molecule has 1 aliphatic carbocycles. The third-order valence-corrected chi connectivity index (χ3v) is 6.85. The number of halogens is 1. The van der Waals surface area contributed by atoms with Crippen LogP contribution in [0.25, 0.3) is 0 Å². The molecule has 2 aliphatic rings. The summed E-state index contributed by atoms with van der Waals surface area (Å²) >= 11 is 3.49. The maximum atomic E-state index is 13.4. The fraction of sp³-hybridized carbons (Fsp3) is 0.391. The second-order valence-electron chi connectivity index (χ2n) is 8.07. The standard InChI is InChI=1S/C23H26BrN3O2/c24-20-8-6-19(7-9-20)23(10-1-11-23)22(29)27-14-12-26(13-15-27)16-17-2-4-18(5-3-17)21(25)28/h2-9H,1,10-16H2,(H2,25,28). The highest BCUT2D eigenvalue weighted by molar-refractivity contribution is 9.10. The number of piperazine rings is 1. The van der Waals surface area contributed by atoms with Crippen molar-refractivity contribution in [2.24, 2.45) is 5.73 Å². The molecule has 0 bridgehead atoms. The van der Waals surface area contributed by atoms with Gasteiger partial charge in [0.15, 0.2) is 0 Å². The van der Waals surface area contributed by atoms with Crippen molar-refractivity contribution in [1.82, 2.24) is 9.80 Å². The van der Waals surface area contributed by atoms with Crippen molar-refractivity contribution in [3.63, 3.8) is 0 Å². The minimum atomic E-state index is -0.403. The van der Waals surface area contributed by atoms with E-state index in [1.54, 1.807) is 12.1 Å². The Balaban J connectivity index is 1.37. The van der Waals surface area contributed by atoms with E-state index < -0.39 is 5.91 Å². The Morgan fingerprint density at radius 1 is 0.931 bits per heavy atom. The first-order chi connectivity index (χ1) is 14.0. The van der Waals surface area contributed by atoms with Crippen LogP contribution in [-0.2, 0) is 16.8 Å². The Hall–Kier alpha value is -2.18. The van der Waals surface area contributed by atoms with Crippen LogP contribution >= 0.6 is 15.9 Å². The molecule has 2 fully saturated rings. The summed E-state index contributed by atoms with van der Waals surface area (Å²) in [5, 5.41) is 0. The fourth-order valence-electron chi connectivity index (χ4n) is 4.37. The second-order valence-corrected chi connectivity index (χ2v) is 8.99. The molecule has 2 N–H and O–H groups in total. The SMILES string of the molecule is NC(=O)c1ccc(CN2CCN(C(=O)C3(c4ccc(Br)cc4)CCC3)CC2)cc1. The molecule has 5 nitrogen and oxygen atoms in total. The molecule has 152 valence electrons. The highest BCUT2D eigenvalue weighted by atomic mass is 79.9. The lowest BCUT2D eigenvalue weighted by atomic mass is 9.63. The zero-order valence-electron chi connectivity index (χ0n) is 16.4. The number of hydrogen-bond donors (Lipinski definition) is 1. The van der Waals surface area contributed by atoms with Gasteiger partial charge in [0.05, 0.1) is 5.41 Å². The third-order valence-electron chi connectivity index (χ3n) is 6.32. The summed E-state index contributed by atoms with van der Waals surface area (Å²) in [5.74, 6) is -0.115. The molecule has 0 aromatic heterocycles. The van der Waals surface area contributed by atoms with Crippen LogP contribution in [0.3, 0.4) is 0 Å². The summed E-state index contributed by atoms with van der Waals surface area (Å²) in [5.41, 5.74) is 7.81. The highest BCUT2D eigenvalue weighted by Gasteiger charge is 2.47. The molecule has 1 saturated heterocycles. The van der Waals surface area contributed by atoms with Crippen LogP contribution in [0.15, 0.2) is 53.0 Å². The predicted molar refractivity (Wildman–Crippen MR) is 116 cm³/mol. The van der Waals surface area contributed by atoms with Crippen LogP contribution in [0.1, 0.15) is 40.7 Å².